The van der Waals surface area contributed by atoms with Gasteiger partial charge in [0.25, 0.3) is 0 Å². The summed E-state index contributed by atoms with van der Waals surface area (Å²) in [7, 11) is 0. The molecule has 0 bridgehead atoms. The molecule has 3 heterocycles. The molecular weight excluding hydrogens is 361 g/mol. The number of hydrogen-bond donors (Lipinski definition) is 0. The van der Waals surface area contributed by atoms with Gasteiger partial charge < -0.3 is 9.80 Å². The predicted octanol–water partition coefficient (Wildman–Crippen LogP) is 1.87. The summed E-state index contributed by atoms with van der Waals surface area (Å²) in [6.07, 6.45) is 2.33. The van der Waals surface area contributed by atoms with Gasteiger partial charge in [0.15, 0.2) is 0 Å². The van der Waals surface area contributed by atoms with Crippen LogP contribution in [0.5, 0.6) is 0 Å². The first-order valence-corrected chi connectivity index (χ1v) is 9.91. The number of rotatable bonds is 4. The summed E-state index contributed by atoms with van der Waals surface area (Å²) in [5, 5.41) is 7.57. The molecule has 2 aromatic rings. The highest BCUT2D eigenvalue weighted by molar-refractivity contribution is 5.78. The maximum absolute atomic E-state index is 14.0. The van der Waals surface area contributed by atoms with Crippen LogP contribution in [0.1, 0.15) is 24.2 Å². The van der Waals surface area contributed by atoms with Gasteiger partial charge in [0, 0.05) is 45.3 Å². The number of benzene rings is 1. The summed E-state index contributed by atoms with van der Waals surface area (Å²) < 4.78 is 18.7. The van der Waals surface area contributed by atoms with Crippen LogP contribution < -0.4 is 4.90 Å². The minimum atomic E-state index is -0.164. The highest BCUT2D eigenvalue weighted by Gasteiger charge is 2.30. The largest absolute Gasteiger partial charge is 0.367 e. The van der Waals surface area contributed by atoms with Crippen LogP contribution in [0.2, 0.25) is 0 Å². The van der Waals surface area contributed by atoms with Gasteiger partial charge in [-0.1, -0.05) is 22.4 Å². The van der Waals surface area contributed by atoms with E-state index in [0.29, 0.717) is 23.1 Å². The molecule has 28 heavy (non-hydrogen) atoms. The van der Waals surface area contributed by atoms with Crippen LogP contribution in [0.15, 0.2) is 28.9 Å². The SMILES string of the molecule is Cc1nonc1CC(=O)N1CCC[C@H](N2CCN(c3ccccc3F)CC2)C1. The van der Waals surface area contributed by atoms with E-state index < -0.39 is 0 Å². The first kappa shape index (κ1) is 18.9. The van der Waals surface area contributed by atoms with Crippen LogP contribution in [-0.4, -0.2) is 71.3 Å². The average Bonchev–Trinajstić information content (AvgIpc) is 3.13. The lowest BCUT2D eigenvalue weighted by Crippen LogP contribution is -2.56. The lowest BCUT2D eigenvalue weighted by atomic mass is 10.0. The fourth-order valence-electron chi connectivity index (χ4n) is 4.18. The molecule has 0 radical (unpaired) electrons. The summed E-state index contributed by atoms with van der Waals surface area (Å²) in [4.78, 5) is 19.2. The Bertz CT molecular complexity index is 818. The lowest BCUT2D eigenvalue weighted by Gasteiger charge is -2.44. The standard InChI is InChI=1S/C20H26FN5O2/c1-15-18(23-28-22-15)13-20(27)26-8-4-5-16(14-26)24-9-11-25(12-10-24)19-7-3-2-6-17(19)21/h2-3,6-7,16H,4-5,8-14H2,1H3/t16-/m0/s1. The van der Waals surface area contributed by atoms with Gasteiger partial charge in [0.1, 0.15) is 17.2 Å². The van der Waals surface area contributed by atoms with Crippen molar-refractivity contribution in [3.8, 4) is 0 Å². The van der Waals surface area contributed by atoms with Crippen molar-refractivity contribution in [3.05, 3.63) is 41.5 Å². The number of aryl methyl sites for hydroxylation is 1. The second-order valence-corrected chi connectivity index (χ2v) is 7.58. The predicted molar refractivity (Wildman–Crippen MR) is 103 cm³/mol. The van der Waals surface area contributed by atoms with E-state index in [1.165, 1.54) is 6.07 Å². The number of halogens is 1. The van der Waals surface area contributed by atoms with Gasteiger partial charge in [-0.3, -0.25) is 9.69 Å². The molecule has 150 valence electrons. The van der Waals surface area contributed by atoms with E-state index in [2.05, 4.69) is 20.1 Å². The Morgan fingerprint density at radius 1 is 1.18 bits per heavy atom. The molecular formula is C20H26FN5O2. The van der Waals surface area contributed by atoms with Crippen LogP contribution in [0.25, 0.3) is 0 Å². The quantitative estimate of drug-likeness (QED) is 0.798. The van der Waals surface area contributed by atoms with Crippen molar-refractivity contribution in [3.63, 3.8) is 0 Å². The molecule has 7 nitrogen and oxygen atoms in total. The monoisotopic (exact) mass is 387 g/mol. The normalized spacial score (nSPS) is 21.1. The second kappa shape index (κ2) is 8.26. The van der Waals surface area contributed by atoms with Gasteiger partial charge in [-0.25, -0.2) is 9.02 Å². The third-order valence-electron chi connectivity index (χ3n) is 5.84. The third-order valence-corrected chi connectivity index (χ3v) is 5.84. The Kier molecular flexibility index (Phi) is 5.57. The van der Waals surface area contributed by atoms with Gasteiger partial charge in [-0.15, -0.1) is 0 Å². The Morgan fingerprint density at radius 3 is 2.68 bits per heavy atom. The lowest BCUT2D eigenvalue weighted by molar-refractivity contribution is -0.132. The molecule has 0 unspecified atom stereocenters. The van der Waals surface area contributed by atoms with E-state index in [1.807, 2.05) is 17.0 Å². The smallest absolute Gasteiger partial charge is 0.228 e. The molecule has 2 fully saturated rings. The summed E-state index contributed by atoms with van der Waals surface area (Å²) >= 11 is 0. The van der Waals surface area contributed by atoms with E-state index in [0.717, 1.165) is 52.1 Å². The molecule has 0 saturated carbocycles. The van der Waals surface area contributed by atoms with Crippen molar-refractivity contribution in [2.45, 2.75) is 32.2 Å². The van der Waals surface area contributed by atoms with Crippen molar-refractivity contribution in [1.29, 1.82) is 0 Å². The number of piperazine rings is 1. The highest BCUT2D eigenvalue weighted by Crippen LogP contribution is 2.23. The van der Waals surface area contributed by atoms with E-state index >= 15 is 0 Å². The molecule has 1 aromatic heterocycles. The molecule has 1 atom stereocenters. The zero-order valence-electron chi connectivity index (χ0n) is 16.2. The summed E-state index contributed by atoms with van der Waals surface area (Å²) in [5.74, 6) is -0.0866. The first-order valence-electron chi connectivity index (χ1n) is 9.91. The summed E-state index contributed by atoms with van der Waals surface area (Å²) in [6.45, 7) is 6.69. The number of aromatic nitrogens is 2. The van der Waals surface area contributed by atoms with Crippen molar-refractivity contribution in [1.82, 2.24) is 20.1 Å². The summed E-state index contributed by atoms with van der Waals surface area (Å²) in [5.41, 5.74) is 1.97. The number of hydrogen-bond acceptors (Lipinski definition) is 6. The van der Waals surface area contributed by atoms with Gasteiger partial charge >= 0.3 is 0 Å². The van der Waals surface area contributed by atoms with E-state index in [-0.39, 0.29) is 18.1 Å². The number of likely N-dealkylation sites (tertiary alicyclic amines) is 1. The third kappa shape index (κ3) is 4.01. The number of anilines is 1. The minimum absolute atomic E-state index is 0.0773. The van der Waals surface area contributed by atoms with E-state index in [1.54, 1.807) is 13.0 Å². The number of carbonyl (C=O) groups is 1. The van der Waals surface area contributed by atoms with Gasteiger partial charge in [-0.2, -0.15) is 0 Å². The Balaban J connectivity index is 1.32. The zero-order valence-corrected chi connectivity index (χ0v) is 16.2. The van der Waals surface area contributed by atoms with Crippen LogP contribution in [0.3, 0.4) is 0 Å². The fraction of sp³-hybridized carbons (Fsp3) is 0.550. The molecule has 2 aliphatic rings. The van der Waals surface area contributed by atoms with Crippen LogP contribution in [0, 0.1) is 12.7 Å². The molecule has 0 aliphatic carbocycles. The van der Waals surface area contributed by atoms with Gasteiger partial charge in [-0.05, 0) is 31.9 Å². The molecule has 0 N–H and O–H groups in total. The number of nitrogens with zero attached hydrogens (tertiary/aromatic N) is 5. The van der Waals surface area contributed by atoms with Gasteiger partial charge in [0.05, 0.1) is 12.1 Å². The van der Waals surface area contributed by atoms with Crippen LogP contribution >= 0.6 is 0 Å². The molecule has 2 aliphatic heterocycles. The maximum Gasteiger partial charge on any atom is 0.228 e. The molecule has 4 rings (SSSR count). The fourth-order valence-corrected chi connectivity index (χ4v) is 4.18. The number of amides is 1. The van der Waals surface area contributed by atoms with Crippen molar-refractivity contribution >= 4 is 11.6 Å². The minimum Gasteiger partial charge on any atom is -0.367 e. The van der Waals surface area contributed by atoms with Crippen molar-refractivity contribution < 1.29 is 13.8 Å². The van der Waals surface area contributed by atoms with Crippen molar-refractivity contribution in [2.75, 3.05) is 44.2 Å². The maximum atomic E-state index is 14.0. The Labute approximate surface area is 164 Å². The molecule has 1 amide bonds. The van der Waals surface area contributed by atoms with Crippen molar-refractivity contribution in [2.24, 2.45) is 0 Å². The van der Waals surface area contributed by atoms with E-state index in [4.69, 9.17) is 4.63 Å². The highest BCUT2D eigenvalue weighted by atomic mass is 19.1. The number of para-hydroxylation sites is 1. The second-order valence-electron chi connectivity index (χ2n) is 7.58. The molecule has 1 aromatic carbocycles. The number of piperidine rings is 1. The summed E-state index contributed by atoms with van der Waals surface area (Å²) in [6, 6.07) is 7.31. The van der Waals surface area contributed by atoms with Crippen LogP contribution in [-0.2, 0) is 11.2 Å². The molecule has 2 saturated heterocycles. The first-order chi connectivity index (χ1) is 13.6. The zero-order chi connectivity index (χ0) is 19.5. The number of carbonyl (C=O) groups excluding carboxylic acids is 1. The Hall–Kier alpha value is -2.48. The molecule has 8 heteroatoms. The molecule has 0 spiro atoms. The topological polar surface area (TPSA) is 65.7 Å². The average molecular weight is 387 g/mol. The van der Waals surface area contributed by atoms with E-state index in [9.17, 15) is 9.18 Å². The Morgan fingerprint density at radius 2 is 1.96 bits per heavy atom. The van der Waals surface area contributed by atoms with Crippen LogP contribution in [0.4, 0.5) is 10.1 Å². The van der Waals surface area contributed by atoms with Gasteiger partial charge in [0.2, 0.25) is 5.91 Å².